The Bertz CT molecular complexity index is 501. The molecule has 0 fully saturated rings. The van der Waals surface area contributed by atoms with Gasteiger partial charge in [0.05, 0.1) is 13.2 Å². The Morgan fingerprint density at radius 2 is 1.61 bits per heavy atom. The average Bonchev–Trinajstić information content (AvgIpc) is 2.51. The Labute approximate surface area is 143 Å². The summed E-state index contributed by atoms with van der Waals surface area (Å²) in [6.07, 6.45) is 3.77. The highest BCUT2D eigenvalue weighted by Crippen LogP contribution is 2.47. The van der Waals surface area contributed by atoms with Gasteiger partial charge in [-0.15, -0.1) is 0 Å². The molecule has 130 valence electrons. The highest BCUT2D eigenvalue weighted by atomic mass is 28.4. The van der Waals surface area contributed by atoms with Crippen LogP contribution in [0.25, 0.3) is 0 Å². The summed E-state index contributed by atoms with van der Waals surface area (Å²) in [7, 11) is -0.106. The van der Waals surface area contributed by atoms with Crippen LogP contribution in [0.2, 0.25) is 16.6 Å². The van der Waals surface area contributed by atoms with Crippen LogP contribution >= 0.6 is 0 Å². The quantitative estimate of drug-likeness (QED) is 0.571. The zero-order valence-electron chi connectivity index (χ0n) is 16.0. The fraction of sp³-hybridized carbons (Fsp3) is 0.700. The van der Waals surface area contributed by atoms with Crippen molar-refractivity contribution >= 4 is 8.32 Å². The third kappa shape index (κ3) is 3.51. The van der Waals surface area contributed by atoms with Crippen molar-refractivity contribution < 1.29 is 9.16 Å². The molecule has 0 amide bonds. The maximum absolute atomic E-state index is 7.07. The summed E-state index contributed by atoms with van der Waals surface area (Å²) in [5, 5.41) is 0. The van der Waals surface area contributed by atoms with Gasteiger partial charge in [-0.2, -0.15) is 0 Å². The van der Waals surface area contributed by atoms with Crippen LogP contribution < -0.4 is 4.74 Å². The minimum atomic E-state index is -1.85. The summed E-state index contributed by atoms with van der Waals surface area (Å²) < 4.78 is 12.5. The van der Waals surface area contributed by atoms with Gasteiger partial charge in [0.25, 0.3) is 0 Å². The van der Waals surface area contributed by atoms with Gasteiger partial charge in [0, 0.05) is 0 Å². The Hall–Kier alpha value is -0.803. The molecule has 0 spiro atoms. The summed E-state index contributed by atoms with van der Waals surface area (Å²) >= 11 is 0. The molecule has 1 aliphatic carbocycles. The van der Waals surface area contributed by atoms with Crippen LogP contribution in [0.5, 0.6) is 5.75 Å². The number of benzene rings is 1. The first-order valence-electron chi connectivity index (χ1n) is 9.17. The third-order valence-electron chi connectivity index (χ3n) is 5.67. The lowest BCUT2D eigenvalue weighted by molar-refractivity contribution is 0.156. The van der Waals surface area contributed by atoms with Crippen molar-refractivity contribution in [3.05, 3.63) is 29.3 Å². The van der Waals surface area contributed by atoms with E-state index in [4.69, 9.17) is 9.16 Å². The van der Waals surface area contributed by atoms with E-state index in [-0.39, 0.29) is 6.10 Å². The monoisotopic (exact) mass is 334 g/mol. The van der Waals surface area contributed by atoms with Crippen molar-refractivity contribution in [2.75, 3.05) is 7.11 Å². The van der Waals surface area contributed by atoms with Crippen molar-refractivity contribution in [1.29, 1.82) is 0 Å². The standard InChI is InChI=1S/C20H34O2Si/c1-14(2)23(15(3)4,16(5)6)22-20-10-8-9-17-11-12-18(21-7)13-19(17)20/h11-16,20H,8-10H2,1-7H3/t20-/m1/s1. The molecule has 1 aromatic carbocycles. The number of ether oxygens (including phenoxy) is 1. The average molecular weight is 335 g/mol. The van der Waals surface area contributed by atoms with Crippen molar-refractivity contribution in [2.45, 2.75) is 83.5 Å². The number of hydrogen-bond donors (Lipinski definition) is 0. The highest BCUT2D eigenvalue weighted by molar-refractivity contribution is 6.77. The number of hydrogen-bond acceptors (Lipinski definition) is 2. The minimum Gasteiger partial charge on any atom is -0.497 e. The molecule has 0 radical (unpaired) electrons. The lowest BCUT2D eigenvalue weighted by Crippen LogP contribution is -2.48. The molecular weight excluding hydrogens is 300 g/mol. The molecule has 3 heteroatoms. The van der Waals surface area contributed by atoms with E-state index in [1.54, 1.807) is 7.11 Å². The first-order valence-corrected chi connectivity index (χ1v) is 11.3. The van der Waals surface area contributed by atoms with Crippen LogP contribution in [0, 0.1) is 0 Å². The van der Waals surface area contributed by atoms with Gasteiger partial charge < -0.3 is 9.16 Å². The summed E-state index contributed by atoms with van der Waals surface area (Å²) in [5.41, 5.74) is 4.69. The topological polar surface area (TPSA) is 18.5 Å². The van der Waals surface area contributed by atoms with Gasteiger partial charge in [0.2, 0.25) is 8.32 Å². The lowest BCUT2D eigenvalue weighted by Gasteiger charge is -2.45. The van der Waals surface area contributed by atoms with Gasteiger partial charge in [-0.25, -0.2) is 0 Å². The van der Waals surface area contributed by atoms with E-state index in [0.717, 1.165) is 12.2 Å². The Kier molecular flexibility index (Phi) is 5.96. The fourth-order valence-corrected chi connectivity index (χ4v) is 10.2. The summed E-state index contributed by atoms with van der Waals surface area (Å²) in [6, 6.07) is 6.52. The van der Waals surface area contributed by atoms with Gasteiger partial charge in [-0.05, 0) is 59.1 Å². The van der Waals surface area contributed by atoms with Gasteiger partial charge in [0.15, 0.2) is 0 Å². The summed E-state index contributed by atoms with van der Waals surface area (Å²) in [5.74, 6) is 0.949. The van der Waals surface area contributed by atoms with Crippen molar-refractivity contribution in [1.82, 2.24) is 0 Å². The van der Waals surface area contributed by atoms with E-state index in [2.05, 4.69) is 59.7 Å². The first-order chi connectivity index (χ1) is 10.8. The molecule has 0 N–H and O–H groups in total. The van der Waals surface area contributed by atoms with Crippen molar-refractivity contribution in [3.8, 4) is 5.75 Å². The normalized spacial score (nSPS) is 18.6. The number of fused-ring (bicyclic) bond motifs is 1. The second-order valence-corrected chi connectivity index (χ2v) is 13.3. The van der Waals surface area contributed by atoms with Gasteiger partial charge in [0.1, 0.15) is 5.75 Å². The molecule has 0 bridgehead atoms. The molecule has 23 heavy (non-hydrogen) atoms. The van der Waals surface area contributed by atoms with Gasteiger partial charge >= 0.3 is 0 Å². The molecule has 1 aromatic rings. The molecule has 0 aliphatic heterocycles. The van der Waals surface area contributed by atoms with Crippen LogP contribution in [0.15, 0.2) is 18.2 Å². The largest absolute Gasteiger partial charge is 0.497 e. The molecular formula is C20H34O2Si. The Morgan fingerprint density at radius 1 is 1.00 bits per heavy atom. The van der Waals surface area contributed by atoms with Crippen LogP contribution in [0.4, 0.5) is 0 Å². The molecule has 1 aliphatic rings. The summed E-state index contributed by atoms with van der Waals surface area (Å²) in [4.78, 5) is 0. The second-order valence-electron chi connectivity index (χ2n) is 7.88. The maximum atomic E-state index is 7.07. The van der Waals surface area contributed by atoms with E-state index in [1.807, 2.05) is 0 Å². The second kappa shape index (κ2) is 7.39. The maximum Gasteiger partial charge on any atom is 0.201 e. The fourth-order valence-electron chi connectivity index (χ4n) is 4.64. The predicted octanol–water partition coefficient (Wildman–Crippen LogP) is 6.26. The predicted molar refractivity (Wildman–Crippen MR) is 101 cm³/mol. The van der Waals surface area contributed by atoms with Crippen LogP contribution in [0.1, 0.15) is 71.6 Å². The molecule has 2 rings (SSSR count). The van der Waals surface area contributed by atoms with Crippen molar-refractivity contribution in [2.24, 2.45) is 0 Å². The van der Waals surface area contributed by atoms with Crippen LogP contribution in [-0.4, -0.2) is 15.4 Å². The Morgan fingerprint density at radius 3 is 2.13 bits per heavy atom. The number of rotatable bonds is 6. The van der Waals surface area contributed by atoms with Gasteiger partial charge in [-0.1, -0.05) is 47.6 Å². The van der Waals surface area contributed by atoms with Crippen LogP contribution in [-0.2, 0) is 10.8 Å². The summed E-state index contributed by atoms with van der Waals surface area (Å²) in [6.45, 7) is 14.2. The number of aryl methyl sites for hydroxylation is 1. The van der Waals surface area contributed by atoms with E-state index in [0.29, 0.717) is 16.6 Å². The third-order valence-corrected chi connectivity index (χ3v) is 11.8. The minimum absolute atomic E-state index is 0.243. The highest BCUT2D eigenvalue weighted by Gasteiger charge is 2.47. The van der Waals surface area contributed by atoms with Crippen molar-refractivity contribution in [3.63, 3.8) is 0 Å². The SMILES string of the molecule is COc1ccc2c(c1)[C@H](O[Si](C(C)C)(C(C)C)C(C)C)CCC2. The van der Waals surface area contributed by atoms with E-state index in [1.165, 1.54) is 24.0 Å². The van der Waals surface area contributed by atoms with E-state index >= 15 is 0 Å². The van der Waals surface area contributed by atoms with Gasteiger partial charge in [-0.3, -0.25) is 0 Å². The molecule has 0 aromatic heterocycles. The molecule has 0 heterocycles. The van der Waals surface area contributed by atoms with Crippen LogP contribution in [0.3, 0.4) is 0 Å². The molecule has 1 atom stereocenters. The molecule has 0 saturated carbocycles. The smallest absolute Gasteiger partial charge is 0.201 e. The first kappa shape index (κ1) is 18.5. The molecule has 2 nitrogen and oxygen atoms in total. The molecule has 0 saturated heterocycles. The zero-order chi connectivity index (χ0) is 17.2. The van der Waals surface area contributed by atoms with E-state index in [9.17, 15) is 0 Å². The van der Waals surface area contributed by atoms with E-state index < -0.39 is 8.32 Å². The molecule has 0 unspecified atom stereocenters. The number of methoxy groups -OCH3 is 1. The zero-order valence-corrected chi connectivity index (χ0v) is 17.0. The Balaban J connectivity index is 2.39. The lowest BCUT2D eigenvalue weighted by atomic mass is 9.89.